The topological polar surface area (TPSA) is 48.7 Å². The Bertz CT molecular complexity index is 327. The van der Waals surface area contributed by atoms with Crippen molar-refractivity contribution in [1.82, 2.24) is 0 Å². The van der Waals surface area contributed by atoms with Crippen molar-refractivity contribution < 1.29 is 18.7 Å². The minimum Gasteiger partial charge on any atom is -0.494 e. The van der Waals surface area contributed by atoms with Gasteiger partial charge in [0.15, 0.2) is 0 Å². The summed E-state index contributed by atoms with van der Waals surface area (Å²) in [7, 11) is 0. The van der Waals surface area contributed by atoms with E-state index < -0.39 is 5.97 Å². The molecule has 0 aliphatic heterocycles. The first-order valence-electron chi connectivity index (χ1n) is 4.76. The molecule has 1 aromatic rings. The van der Waals surface area contributed by atoms with Crippen LogP contribution in [0, 0.1) is 0 Å². The maximum absolute atomic E-state index is 11.3. The number of furan rings is 1. The molecule has 0 unspecified atom stereocenters. The second kappa shape index (κ2) is 5.90. The van der Waals surface area contributed by atoms with E-state index in [0.29, 0.717) is 12.4 Å². The van der Waals surface area contributed by atoms with Crippen LogP contribution in [0.2, 0.25) is 0 Å². The van der Waals surface area contributed by atoms with Crippen LogP contribution >= 0.6 is 0 Å². The first-order valence-corrected chi connectivity index (χ1v) is 4.76. The van der Waals surface area contributed by atoms with Crippen LogP contribution < -0.4 is 0 Å². The summed E-state index contributed by atoms with van der Waals surface area (Å²) in [5.74, 6) is 0.325. The Kier molecular flexibility index (Phi) is 4.47. The van der Waals surface area contributed by atoms with Crippen LogP contribution in [0.15, 0.2) is 29.4 Å². The lowest BCUT2D eigenvalue weighted by molar-refractivity contribution is 0.0463. The molecule has 0 atom stereocenters. The maximum Gasteiger partial charge on any atom is 0.374 e. The fourth-order valence-electron chi connectivity index (χ4n) is 0.972. The highest BCUT2D eigenvalue weighted by molar-refractivity contribution is 5.86. The summed E-state index contributed by atoms with van der Waals surface area (Å²) >= 11 is 0. The van der Waals surface area contributed by atoms with Crippen molar-refractivity contribution in [3.63, 3.8) is 0 Å². The lowest BCUT2D eigenvalue weighted by atomic mass is 10.4. The van der Waals surface area contributed by atoms with Gasteiger partial charge in [0.25, 0.3) is 0 Å². The molecule has 0 spiro atoms. The number of carbonyl (C=O) groups is 1. The van der Waals surface area contributed by atoms with Gasteiger partial charge in [-0.2, -0.15) is 0 Å². The lowest BCUT2D eigenvalue weighted by Gasteiger charge is -1.99. The molecule has 0 bridgehead atoms. The van der Waals surface area contributed by atoms with Gasteiger partial charge in [0.1, 0.15) is 12.4 Å². The summed E-state index contributed by atoms with van der Waals surface area (Å²) in [5.41, 5.74) is 0. The second-order valence-corrected chi connectivity index (χ2v) is 2.88. The van der Waals surface area contributed by atoms with E-state index in [1.54, 1.807) is 12.1 Å². The molecule has 4 nitrogen and oxygen atoms in total. The van der Waals surface area contributed by atoms with Gasteiger partial charge < -0.3 is 13.9 Å². The van der Waals surface area contributed by atoms with Gasteiger partial charge in [0.2, 0.25) is 5.76 Å². The SMILES string of the molecule is C=COCc1ccc(C(=O)OCCC)o1. The van der Waals surface area contributed by atoms with Crippen LogP contribution in [0.3, 0.4) is 0 Å². The molecule has 15 heavy (non-hydrogen) atoms. The number of rotatable bonds is 6. The number of hydrogen-bond acceptors (Lipinski definition) is 4. The van der Waals surface area contributed by atoms with Crippen molar-refractivity contribution in [2.24, 2.45) is 0 Å². The fourth-order valence-corrected chi connectivity index (χ4v) is 0.972. The van der Waals surface area contributed by atoms with E-state index >= 15 is 0 Å². The highest BCUT2D eigenvalue weighted by Crippen LogP contribution is 2.10. The van der Waals surface area contributed by atoms with Crippen molar-refractivity contribution in [1.29, 1.82) is 0 Å². The largest absolute Gasteiger partial charge is 0.494 e. The molecule has 0 N–H and O–H groups in total. The Labute approximate surface area is 88.5 Å². The molecule has 0 aliphatic carbocycles. The molecular formula is C11H14O4. The zero-order chi connectivity index (χ0) is 11.1. The Morgan fingerprint density at radius 3 is 3.07 bits per heavy atom. The monoisotopic (exact) mass is 210 g/mol. The molecule has 0 aliphatic rings. The predicted molar refractivity (Wildman–Crippen MR) is 54.3 cm³/mol. The van der Waals surface area contributed by atoms with E-state index in [-0.39, 0.29) is 12.4 Å². The summed E-state index contributed by atoms with van der Waals surface area (Å²) in [4.78, 5) is 11.3. The van der Waals surface area contributed by atoms with Crippen LogP contribution in [0.5, 0.6) is 0 Å². The zero-order valence-corrected chi connectivity index (χ0v) is 8.69. The quantitative estimate of drug-likeness (QED) is 0.534. The average molecular weight is 210 g/mol. The van der Waals surface area contributed by atoms with Gasteiger partial charge in [-0.15, -0.1) is 0 Å². The van der Waals surface area contributed by atoms with Crippen LogP contribution in [0.25, 0.3) is 0 Å². The van der Waals surface area contributed by atoms with Crippen LogP contribution in [0.1, 0.15) is 29.7 Å². The standard InChI is InChI=1S/C11H14O4/c1-3-7-14-11(12)10-6-5-9(15-10)8-13-4-2/h4-6H,2-3,7-8H2,1H3. The smallest absolute Gasteiger partial charge is 0.374 e. The van der Waals surface area contributed by atoms with Gasteiger partial charge in [0, 0.05) is 0 Å². The summed E-state index contributed by atoms with van der Waals surface area (Å²) in [5, 5.41) is 0. The number of esters is 1. The van der Waals surface area contributed by atoms with E-state index in [4.69, 9.17) is 13.9 Å². The van der Waals surface area contributed by atoms with Gasteiger partial charge in [0.05, 0.1) is 12.9 Å². The third-order valence-corrected chi connectivity index (χ3v) is 1.64. The Morgan fingerprint density at radius 1 is 1.60 bits per heavy atom. The second-order valence-electron chi connectivity index (χ2n) is 2.88. The number of ether oxygens (including phenoxy) is 2. The molecule has 0 saturated heterocycles. The van der Waals surface area contributed by atoms with Gasteiger partial charge in [-0.05, 0) is 18.6 Å². The zero-order valence-electron chi connectivity index (χ0n) is 8.69. The molecule has 1 rings (SSSR count). The first kappa shape index (κ1) is 11.4. The van der Waals surface area contributed by atoms with Crippen molar-refractivity contribution in [2.75, 3.05) is 6.61 Å². The van der Waals surface area contributed by atoms with E-state index in [9.17, 15) is 4.79 Å². The lowest BCUT2D eigenvalue weighted by Crippen LogP contribution is -2.04. The Morgan fingerprint density at radius 2 is 2.40 bits per heavy atom. The molecule has 0 saturated carbocycles. The molecule has 0 radical (unpaired) electrons. The Hall–Kier alpha value is -1.71. The molecule has 0 aromatic carbocycles. The van der Waals surface area contributed by atoms with Crippen LogP contribution in [-0.2, 0) is 16.1 Å². The summed E-state index contributed by atoms with van der Waals surface area (Å²) < 4.78 is 15.0. The van der Waals surface area contributed by atoms with E-state index in [0.717, 1.165) is 6.42 Å². The molecule has 4 heteroatoms. The van der Waals surface area contributed by atoms with Gasteiger partial charge >= 0.3 is 5.97 Å². The molecule has 0 fully saturated rings. The molecule has 1 heterocycles. The fraction of sp³-hybridized carbons (Fsp3) is 0.364. The normalized spacial score (nSPS) is 9.67. The summed E-state index contributed by atoms with van der Waals surface area (Å²) in [6.45, 7) is 6.00. The summed E-state index contributed by atoms with van der Waals surface area (Å²) in [6, 6.07) is 3.24. The first-order chi connectivity index (χ1) is 7.27. The van der Waals surface area contributed by atoms with Crippen LogP contribution in [0.4, 0.5) is 0 Å². The Balaban J connectivity index is 2.51. The highest BCUT2D eigenvalue weighted by Gasteiger charge is 2.11. The third kappa shape index (κ3) is 3.50. The molecular weight excluding hydrogens is 196 g/mol. The minimum atomic E-state index is -0.443. The van der Waals surface area contributed by atoms with Crippen LogP contribution in [-0.4, -0.2) is 12.6 Å². The number of hydrogen-bond donors (Lipinski definition) is 0. The highest BCUT2D eigenvalue weighted by atomic mass is 16.5. The van der Waals surface area contributed by atoms with Gasteiger partial charge in [-0.1, -0.05) is 13.5 Å². The average Bonchev–Trinajstić information content (AvgIpc) is 2.71. The minimum absolute atomic E-state index is 0.200. The summed E-state index contributed by atoms with van der Waals surface area (Å²) in [6.07, 6.45) is 2.11. The van der Waals surface area contributed by atoms with Gasteiger partial charge in [-0.3, -0.25) is 0 Å². The van der Waals surface area contributed by atoms with Gasteiger partial charge in [-0.25, -0.2) is 4.79 Å². The van der Waals surface area contributed by atoms with Crippen molar-refractivity contribution in [3.8, 4) is 0 Å². The van der Waals surface area contributed by atoms with E-state index in [1.807, 2.05) is 6.92 Å². The molecule has 1 aromatic heterocycles. The molecule has 0 amide bonds. The van der Waals surface area contributed by atoms with E-state index in [1.165, 1.54) is 6.26 Å². The number of carbonyl (C=O) groups excluding carboxylic acids is 1. The van der Waals surface area contributed by atoms with Crippen molar-refractivity contribution in [3.05, 3.63) is 36.5 Å². The maximum atomic E-state index is 11.3. The predicted octanol–water partition coefficient (Wildman–Crippen LogP) is 2.51. The molecule has 82 valence electrons. The van der Waals surface area contributed by atoms with Crippen molar-refractivity contribution in [2.45, 2.75) is 20.0 Å². The van der Waals surface area contributed by atoms with Crippen molar-refractivity contribution >= 4 is 5.97 Å². The van der Waals surface area contributed by atoms with E-state index in [2.05, 4.69) is 6.58 Å². The third-order valence-electron chi connectivity index (χ3n) is 1.64.